The molecule has 1 aliphatic rings. The molecule has 1 amide bonds. The number of amides is 1. The average molecular weight is 290 g/mol. The highest BCUT2D eigenvalue weighted by atomic mass is 16.2. The van der Waals surface area contributed by atoms with Crippen LogP contribution in [0, 0.1) is 5.92 Å². The molecule has 0 aromatic carbocycles. The molecule has 1 aromatic heterocycles. The number of aromatic nitrogens is 1. The molecule has 1 atom stereocenters. The lowest BCUT2D eigenvalue weighted by atomic mass is 10.0. The number of nitrogens with zero attached hydrogens (tertiary/aromatic N) is 3. The highest BCUT2D eigenvalue weighted by molar-refractivity contribution is 5.81. The van der Waals surface area contributed by atoms with Crippen molar-refractivity contribution in [1.29, 1.82) is 0 Å². The Balaban J connectivity index is 1.79. The lowest BCUT2D eigenvalue weighted by Gasteiger charge is -2.35. The molecule has 116 valence electrons. The number of rotatable bonds is 5. The van der Waals surface area contributed by atoms with Crippen molar-refractivity contribution in [2.24, 2.45) is 11.7 Å². The number of hydrogen-bond acceptors (Lipinski definition) is 4. The standard InChI is InChI=1S/C16H26N4O/c1-13(2)11-15(17)16(21)20-9-7-19(8-10-20)12-14-5-3-4-6-18-14/h3-6,13,15H,7-12,17H2,1-2H3. The van der Waals surface area contributed by atoms with Gasteiger partial charge in [0.05, 0.1) is 11.7 Å². The van der Waals surface area contributed by atoms with Gasteiger partial charge in [-0.2, -0.15) is 0 Å². The summed E-state index contributed by atoms with van der Waals surface area (Å²) >= 11 is 0. The number of pyridine rings is 1. The Bertz CT molecular complexity index is 441. The van der Waals surface area contributed by atoms with Gasteiger partial charge in [-0.25, -0.2) is 0 Å². The third-order valence-electron chi connectivity index (χ3n) is 3.84. The number of nitrogens with two attached hydrogens (primary N) is 1. The van der Waals surface area contributed by atoms with Crippen molar-refractivity contribution in [2.45, 2.75) is 32.9 Å². The zero-order valence-corrected chi connectivity index (χ0v) is 13.0. The van der Waals surface area contributed by atoms with Gasteiger partial charge in [-0.3, -0.25) is 14.7 Å². The van der Waals surface area contributed by atoms with Crippen LogP contribution in [0.1, 0.15) is 26.0 Å². The van der Waals surface area contributed by atoms with Crippen LogP contribution in [0.15, 0.2) is 24.4 Å². The average Bonchev–Trinajstić information content (AvgIpc) is 2.47. The van der Waals surface area contributed by atoms with E-state index in [0.717, 1.165) is 44.8 Å². The molecular weight excluding hydrogens is 264 g/mol. The van der Waals surface area contributed by atoms with E-state index in [1.165, 1.54) is 0 Å². The Kier molecular flexibility index (Phi) is 5.70. The van der Waals surface area contributed by atoms with Crippen LogP contribution < -0.4 is 5.73 Å². The predicted octanol–water partition coefficient (Wildman–Crippen LogP) is 1.10. The van der Waals surface area contributed by atoms with Crippen LogP contribution in [0.5, 0.6) is 0 Å². The molecule has 1 saturated heterocycles. The Morgan fingerprint density at radius 1 is 1.29 bits per heavy atom. The van der Waals surface area contributed by atoms with Gasteiger partial charge in [0.2, 0.25) is 5.91 Å². The van der Waals surface area contributed by atoms with E-state index in [9.17, 15) is 4.79 Å². The Labute approximate surface area is 127 Å². The van der Waals surface area contributed by atoms with E-state index < -0.39 is 0 Å². The first kappa shape index (κ1) is 15.9. The van der Waals surface area contributed by atoms with Crippen LogP contribution in [0.3, 0.4) is 0 Å². The Morgan fingerprint density at radius 2 is 2.00 bits per heavy atom. The summed E-state index contributed by atoms with van der Waals surface area (Å²) < 4.78 is 0. The van der Waals surface area contributed by atoms with Crippen molar-refractivity contribution in [3.05, 3.63) is 30.1 Å². The minimum absolute atomic E-state index is 0.0983. The first-order valence-electron chi connectivity index (χ1n) is 7.73. The molecule has 5 heteroatoms. The van der Waals surface area contributed by atoms with Crippen LogP contribution in [0.25, 0.3) is 0 Å². The third-order valence-corrected chi connectivity index (χ3v) is 3.84. The molecule has 2 heterocycles. The fourth-order valence-electron chi connectivity index (χ4n) is 2.69. The second-order valence-corrected chi connectivity index (χ2v) is 6.16. The number of carbonyl (C=O) groups excluding carboxylic acids is 1. The maximum Gasteiger partial charge on any atom is 0.239 e. The van der Waals surface area contributed by atoms with Gasteiger partial charge in [0.1, 0.15) is 0 Å². The highest BCUT2D eigenvalue weighted by Gasteiger charge is 2.25. The summed E-state index contributed by atoms with van der Waals surface area (Å²) in [6, 6.07) is 5.62. The molecule has 0 spiro atoms. The lowest BCUT2D eigenvalue weighted by Crippen LogP contribution is -2.53. The summed E-state index contributed by atoms with van der Waals surface area (Å²) in [6.07, 6.45) is 2.58. The smallest absolute Gasteiger partial charge is 0.239 e. The van der Waals surface area contributed by atoms with Crippen molar-refractivity contribution in [3.63, 3.8) is 0 Å². The summed E-state index contributed by atoms with van der Waals surface area (Å²) in [7, 11) is 0. The van der Waals surface area contributed by atoms with E-state index in [1.54, 1.807) is 0 Å². The van der Waals surface area contributed by atoms with Gasteiger partial charge in [-0.05, 0) is 24.5 Å². The maximum atomic E-state index is 12.3. The minimum atomic E-state index is -0.354. The lowest BCUT2D eigenvalue weighted by molar-refractivity contribution is -0.134. The van der Waals surface area contributed by atoms with E-state index in [-0.39, 0.29) is 11.9 Å². The van der Waals surface area contributed by atoms with E-state index in [0.29, 0.717) is 5.92 Å². The zero-order valence-electron chi connectivity index (χ0n) is 13.0. The quantitative estimate of drug-likeness (QED) is 0.882. The van der Waals surface area contributed by atoms with Gasteiger partial charge in [-0.15, -0.1) is 0 Å². The summed E-state index contributed by atoms with van der Waals surface area (Å²) in [5, 5.41) is 0. The fourth-order valence-corrected chi connectivity index (χ4v) is 2.69. The second-order valence-electron chi connectivity index (χ2n) is 6.16. The summed E-state index contributed by atoms with van der Waals surface area (Å²) in [6.45, 7) is 8.33. The van der Waals surface area contributed by atoms with Gasteiger partial charge < -0.3 is 10.6 Å². The highest BCUT2D eigenvalue weighted by Crippen LogP contribution is 2.10. The van der Waals surface area contributed by atoms with Gasteiger partial charge >= 0.3 is 0 Å². The van der Waals surface area contributed by atoms with Crippen LogP contribution in [-0.2, 0) is 11.3 Å². The molecule has 0 aliphatic carbocycles. The van der Waals surface area contributed by atoms with E-state index in [2.05, 4.69) is 23.7 Å². The van der Waals surface area contributed by atoms with Gasteiger partial charge in [-0.1, -0.05) is 19.9 Å². The zero-order chi connectivity index (χ0) is 15.2. The number of piperazine rings is 1. The second kappa shape index (κ2) is 7.52. The van der Waals surface area contributed by atoms with Gasteiger partial charge in [0.25, 0.3) is 0 Å². The Morgan fingerprint density at radius 3 is 2.57 bits per heavy atom. The van der Waals surface area contributed by atoms with Crippen molar-refractivity contribution in [1.82, 2.24) is 14.8 Å². The molecule has 0 saturated carbocycles. The Hall–Kier alpha value is -1.46. The largest absolute Gasteiger partial charge is 0.339 e. The fraction of sp³-hybridized carbons (Fsp3) is 0.625. The molecule has 5 nitrogen and oxygen atoms in total. The number of hydrogen-bond donors (Lipinski definition) is 1. The maximum absolute atomic E-state index is 12.3. The summed E-state index contributed by atoms with van der Waals surface area (Å²) in [4.78, 5) is 20.9. The van der Waals surface area contributed by atoms with Gasteiger partial charge in [0, 0.05) is 38.9 Å². The molecule has 1 unspecified atom stereocenters. The summed E-state index contributed by atoms with van der Waals surface area (Å²) in [5.41, 5.74) is 7.07. The summed E-state index contributed by atoms with van der Waals surface area (Å²) in [5.74, 6) is 0.551. The SMILES string of the molecule is CC(C)CC(N)C(=O)N1CCN(Cc2ccccn2)CC1. The first-order chi connectivity index (χ1) is 10.1. The van der Waals surface area contributed by atoms with Crippen LogP contribution >= 0.6 is 0 Å². The molecule has 2 N–H and O–H groups in total. The molecule has 0 bridgehead atoms. The molecule has 1 aliphatic heterocycles. The van der Waals surface area contributed by atoms with Crippen molar-refractivity contribution in [2.75, 3.05) is 26.2 Å². The molecule has 21 heavy (non-hydrogen) atoms. The van der Waals surface area contributed by atoms with E-state index in [1.807, 2.05) is 29.3 Å². The monoisotopic (exact) mass is 290 g/mol. The van der Waals surface area contributed by atoms with Crippen LogP contribution in [-0.4, -0.2) is 52.9 Å². The topological polar surface area (TPSA) is 62.5 Å². The molecule has 1 fully saturated rings. The molecule has 0 radical (unpaired) electrons. The minimum Gasteiger partial charge on any atom is -0.339 e. The molecular formula is C16H26N4O. The van der Waals surface area contributed by atoms with Crippen molar-refractivity contribution >= 4 is 5.91 Å². The van der Waals surface area contributed by atoms with E-state index in [4.69, 9.17) is 5.73 Å². The van der Waals surface area contributed by atoms with Crippen molar-refractivity contribution < 1.29 is 4.79 Å². The van der Waals surface area contributed by atoms with Crippen LogP contribution in [0.4, 0.5) is 0 Å². The van der Waals surface area contributed by atoms with Crippen LogP contribution in [0.2, 0.25) is 0 Å². The third kappa shape index (κ3) is 4.79. The van der Waals surface area contributed by atoms with E-state index >= 15 is 0 Å². The molecule has 1 aromatic rings. The predicted molar refractivity (Wildman–Crippen MR) is 83.5 cm³/mol. The van der Waals surface area contributed by atoms with Gasteiger partial charge in [0.15, 0.2) is 0 Å². The normalized spacial score (nSPS) is 18.0. The first-order valence-corrected chi connectivity index (χ1v) is 7.73. The van der Waals surface area contributed by atoms with Crippen molar-refractivity contribution in [3.8, 4) is 0 Å². The number of carbonyl (C=O) groups is 1. The molecule has 2 rings (SSSR count).